The number of hydrogen-bond acceptors (Lipinski definition) is 2. The molecule has 0 aliphatic rings. The van der Waals surface area contributed by atoms with Crippen LogP contribution in [0.25, 0.3) is 99.2 Å². The fraction of sp³-hybridized carbons (Fsp3) is 0. The molecule has 10 aromatic carbocycles. The molecule has 0 N–H and O–H groups in total. The van der Waals surface area contributed by atoms with Gasteiger partial charge in [0.25, 0.3) is 0 Å². The highest BCUT2D eigenvalue weighted by Gasteiger charge is 2.18. The van der Waals surface area contributed by atoms with E-state index in [-0.39, 0.29) is 0 Å². The molecule has 0 spiro atoms. The molecule has 64 heavy (non-hydrogen) atoms. The lowest BCUT2D eigenvalue weighted by atomic mass is 10.0. The highest BCUT2D eigenvalue weighted by atomic mass is 16.3. The van der Waals surface area contributed by atoms with E-state index >= 15 is 0 Å². The van der Waals surface area contributed by atoms with Gasteiger partial charge in [0.05, 0.1) is 22.1 Å². The summed E-state index contributed by atoms with van der Waals surface area (Å²) >= 11 is 0. The van der Waals surface area contributed by atoms with E-state index in [1.165, 1.54) is 54.7 Å². The van der Waals surface area contributed by atoms with Gasteiger partial charge in [-0.25, -0.2) is 0 Å². The van der Waals surface area contributed by atoms with Gasteiger partial charge in [-0.1, -0.05) is 133 Å². The molecule has 13 rings (SSSR count). The average Bonchev–Trinajstić information content (AvgIpc) is 4.02. The van der Waals surface area contributed by atoms with Gasteiger partial charge in [-0.3, -0.25) is 0 Å². The van der Waals surface area contributed by atoms with Crippen LogP contribution in [0.1, 0.15) is 0 Å². The Morgan fingerprint density at radius 1 is 0.266 bits per heavy atom. The van der Waals surface area contributed by atoms with Gasteiger partial charge in [-0.05, 0) is 125 Å². The van der Waals surface area contributed by atoms with Crippen LogP contribution >= 0.6 is 0 Å². The fourth-order valence-electron chi connectivity index (χ4n) is 9.92. The van der Waals surface area contributed by atoms with Gasteiger partial charge in [-0.2, -0.15) is 0 Å². The second kappa shape index (κ2) is 14.5. The van der Waals surface area contributed by atoms with Gasteiger partial charge >= 0.3 is 0 Å². The lowest BCUT2D eigenvalue weighted by Crippen LogP contribution is -2.09. The topological polar surface area (TPSA) is 26.2 Å². The van der Waals surface area contributed by atoms with E-state index in [2.05, 4.69) is 238 Å². The number of nitrogens with zero attached hydrogens (tertiary/aromatic N) is 3. The summed E-state index contributed by atoms with van der Waals surface area (Å²) in [6, 6.07) is 85.2. The molecule has 4 nitrogen and oxygen atoms in total. The molecule has 0 fully saturated rings. The molecule has 0 aliphatic carbocycles. The molecule has 3 heterocycles. The summed E-state index contributed by atoms with van der Waals surface area (Å²) in [6.45, 7) is 0. The van der Waals surface area contributed by atoms with Crippen LogP contribution in [0.4, 0.5) is 17.1 Å². The fourth-order valence-corrected chi connectivity index (χ4v) is 9.92. The van der Waals surface area contributed by atoms with Crippen LogP contribution in [0.5, 0.6) is 0 Å². The largest absolute Gasteiger partial charge is 0.456 e. The number of anilines is 3. The molecule has 300 valence electrons. The maximum Gasteiger partial charge on any atom is 0.135 e. The second-order valence-electron chi connectivity index (χ2n) is 16.5. The summed E-state index contributed by atoms with van der Waals surface area (Å²) in [7, 11) is 0. The monoisotopic (exact) mass is 817 g/mol. The van der Waals surface area contributed by atoms with Gasteiger partial charge < -0.3 is 18.5 Å². The van der Waals surface area contributed by atoms with Crippen LogP contribution in [0.2, 0.25) is 0 Å². The number of rotatable bonds is 7. The number of fused-ring (bicyclic) bond motifs is 9. The minimum atomic E-state index is 0.878. The highest BCUT2D eigenvalue weighted by Crippen LogP contribution is 2.42. The molecule has 0 unspecified atom stereocenters. The molecule has 4 heteroatoms. The van der Waals surface area contributed by atoms with Crippen LogP contribution < -0.4 is 4.90 Å². The van der Waals surface area contributed by atoms with Crippen LogP contribution in [-0.2, 0) is 0 Å². The number of para-hydroxylation sites is 5. The standard InChI is InChI=1S/C60H39N3O/c1-3-13-44(14-4-1)62-56-21-11-8-18-50(56)53-37-42(28-35-57(53)62)40-23-29-46(30-24-40)61(48-33-36-60-54(39-48)52-19-9-12-22-59(52)64-60)47-31-25-41(26-32-47)43-27-34-51-49-17-7-10-20-55(49)63(58(51)38-43)45-15-5-2-6-16-45/h1-39H. The molecule has 0 radical (unpaired) electrons. The van der Waals surface area contributed by atoms with E-state index in [9.17, 15) is 0 Å². The van der Waals surface area contributed by atoms with Crippen molar-refractivity contribution >= 4 is 82.6 Å². The van der Waals surface area contributed by atoms with Crippen LogP contribution in [0, 0.1) is 0 Å². The Morgan fingerprint density at radius 2 is 0.719 bits per heavy atom. The maximum absolute atomic E-state index is 6.28. The van der Waals surface area contributed by atoms with E-state index < -0.39 is 0 Å². The Labute approximate surface area is 369 Å². The second-order valence-corrected chi connectivity index (χ2v) is 16.5. The van der Waals surface area contributed by atoms with Gasteiger partial charge in [-0.15, -0.1) is 0 Å². The molecule has 0 aliphatic heterocycles. The Bertz CT molecular complexity index is 3880. The lowest BCUT2D eigenvalue weighted by molar-refractivity contribution is 0.669. The minimum absolute atomic E-state index is 0.878. The van der Waals surface area contributed by atoms with Crippen molar-refractivity contribution in [2.45, 2.75) is 0 Å². The number of benzene rings is 10. The number of hydrogen-bond donors (Lipinski definition) is 0. The summed E-state index contributed by atoms with van der Waals surface area (Å²) in [5, 5.41) is 7.19. The van der Waals surface area contributed by atoms with Crippen molar-refractivity contribution < 1.29 is 4.42 Å². The van der Waals surface area contributed by atoms with Gasteiger partial charge in [0.1, 0.15) is 11.2 Å². The summed E-state index contributed by atoms with van der Waals surface area (Å²) in [6.07, 6.45) is 0. The van der Waals surface area contributed by atoms with E-state index in [4.69, 9.17) is 4.42 Å². The normalized spacial score (nSPS) is 11.8. The van der Waals surface area contributed by atoms with Crippen LogP contribution in [-0.4, -0.2) is 9.13 Å². The van der Waals surface area contributed by atoms with Gasteiger partial charge in [0.2, 0.25) is 0 Å². The quantitative estimate of drug-likeness (QED) is 0.160. The van der Waals surface area contributed by atoms with E-state index in [1.54, 1.807) is 0 Å². The molecular formula is C60H39N3O. The summed E-state index contributed by atoms with van der Waals surface area (Å²) in [5.74, 6) is 0. The third-order valence-electron chi connectivity index (χ3n) is 12.9. The average molecular weight is 818 g/mol. The van der Waals surface area contributed by atoms with Crippen molar-refractivity contribution in [2.24, 2.45) is 0 Å². The van der Waals surface area contributed by atoms with Crippen molar-refractivity contribution in [3.63, 3.8) is 0 Å². The molecule has 13 aromatic rings. The predicted molar refractivity (Wildman–Crippen MR) is 268 cm³/mol. The van der Waals surface area contributed by atoms with E-state index in [0.717, 1.165) is 61.5 Å². The Kier molecular flexibility index (Phi) is 8.18. The zero-order chi connectivity index (χ0) is 42.1. The number of furan rings is 1. The molecule has 0 amide bonds. The Morgan fingerprint density at radius 3 is 1.38 bits per heavy atom. The Hall–Kier alpha value is -8.60. The zero-order valence-corrected chi connectivity index (χ0v) is 34.8. The van der Waals surface area contributed by atoms with Crippen LogP contribution in [0.15, 0.2) is 241 Å². The van der Waals surface area contributed by atoms with E-state index in [0.29, 0.717) is 0 Å². The first-order valence-electron chi connectivity index (χ1n) is 21.8. The number of aromatic nitrogens is 2. The minimum Gasteiger partial charge on any atom is -0.456 e. The van der Waals surface area contributed by atoms with Crippen LogP contribution in [0.3, 0.4) is 0 Å². The summed E-state index contributed by atoms with van der Waals surface area (Å²) in [4.78, 5) is 2.35. The molecule has 0 atom stereocenters. The smallest absolute Gasteiger partial charge is 0.135 e. The van der Waals surface area contributed by atoms with Crippen molar-refractivity contribution in [1.82, 2.24) is 9.13 Å². The SMILES string of the molecule is c1ccc(-n2c3ccccc3c3cc(-c4ccc(N(c5ccc(-c6ccc7c8ccccc8n(-c8ccccc8)c7c6)cc5)c5ccc6oc7ccccc7c6c5)cc4)ccc32)cc1. The third kappa shape index (κ3) is 5.77. The molecular weight excluding hydrogens is 779 g/mol. The van der Waals surface area contributed by atoms with Crippen molar-refractivity contribution in [3.05, 3.63) is 237 Å². The van der Waals surface area contributed by atoms with Gasteiger partial charge in [0, 0.05) is 60.8 Å². The predicted octanol–water partition coefficient (Wildman–Crippen LogP) is 16.6. The van der Waals surface area contributed by atoms with Crippen molar-refractivity contribution in [1.29, 1.82) is 0 Å². The first-order valence-corrected chi connectivity index (χ1v) is 21.8. The summed E-state index contributed by atoms with van der Waals surface area (Å²) < 4.78 is 11.0. The Balaban J connectivity index is 0.909. The van der Waals surface area contributed by atoms with E-state index in [1.807, 2.05) is 12.1 Å². The zero-order valence-electron chi connectivity index (χ0n) is 34.8. The first-order chi connectivity index (χ1) is 31.7. The molecule has 0 saturated heterocycles. The summed E-state index contributed by atoms with van der Waals surface area (Å²) in [5.41, 5.74) is 16.8. The first kappa shape index (κ1) is 36.1. The molecule has 3 aromatic heterocycles. The molecule has 0 bridgehead atoms. The van der Waals surface area contributed by atoms with Gasteiger partial charge in [0.15, 0.2) is 0 Å². The van der Waals surface area contributed by atoms with Crippen molar-refractivity contribution in [2.75, 3.05) is 4.90 Å². The molecule has 0 saturated carbocycles. The highest BCUT2D eigenvalue weighted by molar-refractivity contribution is 6.12. The van der Waals surface area contributed by atoms with Crippen molar-refractivity contribution in [3.8, 4) is 33.6 Å². The lowest BCUT2D eigenvalue weighted by Gasteiger charge is -2.26. The third-order valence-corrected chi connectivity index (χ3v) is 12.9. The maximum atomic E-state index is 6.28.